The highest BCUT2D eigenvalue weighted by Gasteiger charge is 2.02. The highest BCUT2D eigenvalue weighted by atomic mass is 16.2. The predicted molar refractivity (Wildman–Crippen MR) is 46.0 cm³/mol. The van der Waals surface area contributed by atoms with Crippen molar-refractivity contribution in [2.24, 2.45) is 5.92 Å². The summed E-state index contributed by atoms with van der Waals surface area (Å²) in [6, 6.07) is 0. The molecule has 0 spiro atoms. The smallest absolute Gasteiger partial charge is 0.0540 e. The van der Waals surface area contributed by atoms with Crippen LogP contribution in [-0.4, -0.2) is 11.7 Å². The molecule has 0 bridgehead atoms. The van der Waals surface area contributed by atoms with Gasteiger partial charge >= 0.3 is 0 Å². The highest BCUT2D eigenvalue weighted by molar-refractivity contribution is 5.12. The van der Waals surface area contributed by atoms with Crippen molar-refractivity contribution in [3.8, 4) is 11.8 Å². The van der Waals surface area contributed by atoms with Crippen molar-refractivity contribution in [2.45, 2.75) is 25.7 Å². The van der Waals surface area contributed by atoms with Crippen LogP contribution in [0.15, 0.2) is 12.2 Å². The zero-order valence-corrected chi connectivity index (χ0v) is 6.71. The first-order chi connectivity index (χ1) is 5.43. The summed E-state index contributed by atoms with van der Waals surface area (Å²) < 4.78 is 0. The average Bonchev–Trinajstić information content (AvgIpc) is 2.07. The molecule has 0 saturated heterocycles. The second-order valence-electron chi connectivity index (χ2n) is 2.76. The fraction of sp³-hybridized carbons (Fsp3) is 0.600. The second-order valence-corrected chi connectivity index (χ2v) is 2.76. The molecule has 0 saturated carbocycles. The maximum atomic E-state index is 8.48. The van der Waals surface area contributed by atoms with Gasteiger partial charge < -0.3 is 5.11 Å². The van der Waals surface area contributed by atoms with Crippen LogP contribution in [0.5, 0.6) is 0 Å². The molecule has 0 fully saturated rings. The van der Waals surface area contributed by atoms with Crippen molar-refractivity contribution in [3.05, 3.63) is 12.2 Å². The Labute approximate surface area is 68.1 Å². The van der Waals surface area contributed by atoms with Gasteiger partial charge in [0.25, 0.3) is 0 Å². The summed E-state index contributed by atoms with van der Waals surface area (Å²) in [5.41, 5.74) is 0. The third-order valence-corrected chi connectivity index (χ3v) is 1.78. The van der Waals surface area contributed by atoms with Crippen LogP contribution in [0.25, 0.3) is 0 Å². The molecule has 11 heavy (non-hydrogen) atoms. The molecule has 0 aromatic rings. The zero-order chi connectivity index (χ0) is 7.94. The first-order valence-electron chi connectivity index (χ1n) is 4.19. The van der Waals surface area contributed by atoms with E-state index in [2.05, 4.69) is 24.0 Å². The summed E-state index contributed by atoms with van der Waals surface area (Å²) in [6.07, 6.45) is 8.64. The van der Waals surface area contributed by atoms with E-state index in [9.17, 15) is 0 Å². The molecule has 0 aromatic carbocycles. The minimum absolute atomic E-state index is 0.184. The first kappa shape index (κ1) is 8.36. The summed E-state index contributed by atoms with van der Waals surface area (Å²) >= 11 is 0. The molecule has 0 aromatic heterocycles. The normalized spacial score (nSPS) is 22.5. The van der Waals surface area contributed by atoms with Crippen LogP contribution in [0.4, 0.5) is 0 Å². The number of aliphatic hydroxyl groups excluding tert-OH is 1. The minimum atomic E-state index is 0.184. The number of allylic oxidation sites excluding steroid dienone is 2. The van der Waals surface area contributed by atoms with Gasteiger partial charge in [0.1, 0.15) is 0 Å². The Balaban J connectivity index is 2.31. The Morgan fingerprint density at radius 1 is 1.55 bits per heavy atom. The van der Waals surface area contributed by atoms with Gasteiger partial charge in [0.05, 0.1) is 6.61 Å². The molecule has 1 unspecified atom stereocenters. The second kappa shape index (κ2) is 4.98. The first-order valence-corrected chi connectivity index (χ1v) is 4.19. The number of hydrogen-bond acceptors (Lipinski definition) is 1. The van der Waals surface area contributed by atoms with E-state index in [1.807, 2.05) is 0 Å². The largest absolute Gasteiger partial charge is 0.395 e. The van der Waals surface area contributed by atoms with E-state index in [0.717, 1.165) is 0 Å². The van der Waals surface area contributed by atoms with E-state index in [1.54, 1.807) is 0 Å². The lowest BCUT2D eigenvalue weighted by molar-refractivity contribution is 0.305. The summed E-state index contributed by atoms with van der Waals surface area (Å²) in [7, 11) is 0. The van der Waals surface area contributed by atoms with Gasteiger partial charge in [-0.15, -0.1) is 5.92 Å². The fourth-order valence-electron chi connectivity index (χ4n) is 1.19. The van der Waals surface area contributed by atoms with E-state index >= 15 is 0 Å². The molecule has 0 heterocycles. The molecule has 60 valence electrons. The standard InChI is InChI=1S/C10H14O/c11-9-5-4-8-10-6-2-1-3-7-10/h2,6,10-11H,1,3,5,7,9H2. The van der Waals surface area contributed by atoms with Gasteiger partial charge in [0, 0.05) is 12.3 Å². The quantitative estimate of drug-likeness (QED) is 0.446. The molecule has 0 aliphatic heterocycles. The molecule has 1 heteroatoms. The Morgan fingerprint density at radius 3 is 3.09 bits per heavy atom. The fourth-order valence-corrected chi connectivity index (χ4v) is 1.19. The molecule has 0 radical (unpaired) electrons. The SMILES string of the molecule is OCCC#CC1C=CCCC1. The van der Waals surface area contributed by atoms with Crippen molar-refractivity contribution >= 4 is 0 Å². The van der Waals surface area contributed by atoms with Crippen molar-refractivity contribution in [2.75, 3.05) is 6.61 Å². The summed E-state index contributed by atoms with van der Waals surface area (Å²) in [6.45, 7) is 0.184. The zero-order valence-electron chi connectivity index (χ0n) is 6.71. The number of aliphatic hydroxyl groups is 1. The van der Waals surface area contributed by atoms with Gasteiger partial charge in [-0.05, 0) is 19.3 Å². The molecule has 1 aliphatic rings. The molecule has 1 rings (SSSR count). The highest BCUT2D eigenvalue weighted by Crippen LogP contribution is 2.15. The molecular formula is C10H14O. The molecular weight excluding hydrogens is 136 g/mol. The van der Waals surface area contributed by atoms with Crippen LogP contribution in [0.3, 0.4) is 0 Å². The monoisotopic (exact) mass is 150 g/mol. The summed E-state index contributed by atoms with van der Waals surface area (Å²) in [5.74, 6) is 6.53. The maximum absolute atomic E-state index is 8.48. The maximum Gasteiger partial charge on any atom is 0.0540 e. The van der Waals surface area contributed by atoms with Crippen LogP contribution < -0.4 is 0 Å². The Bertz CT molecular complexity index is 183. The summed E-state index contributed by atoms with van der Waals surface area (Å²) in [4.78, 5) is 0. The van der Waals surface area contributed by atoms with E-state index in [1.165, 1.54) is 19.3 Å². The Hall–Kier alpha value is -0.740. The molecule has 0 amide bonds. The van der Waals surface area contributed by atoms with Crippen LogP contribution in [0, 0.1) is 17.8 Å². The lowest BCUT2D eigenvalue weighted by Gasteiger charge is -2.08. The van der Waals surface area contributed by atoms with Gasteiger partial charge in [-0.1, -0.05) is 18.1 Å². The Kier molecular flexibility index (Phi) is 3.79. The third kappa shape index (κ3) is 3.25. The van der Waals surface area contributed by atoms with E-state index < -0.39 is 0 Å². The number of hydrogen-bond donors (Lipinski definition) is 1. The third-order valence-electron chi connectivity index (χ3n) is 1.78. The van der Waals surface area contributed by atoms with Crippen molar-refractivity contribution in [3.63, 3.8) is 0 Å². The lowest BCUT2D eigenvalue weighted by atomic mass is 9.96. The van der Waals surface area contributed by atoms with Gasteiger partial charge in [-0.2, -0.15) is 0 Å². The lowest BCUT2D eigenvalue weighted by Crippen LogP contribution is -1.96. The summed E-state index contributed by atoms with van der Waals surface area (Å²) in [5, 5.41) is 8.48. The molecule has 1 nitrogen and oxygen atoms in total. The van der Waals surface area contributed by atoms with Crippen LogP contribution in [0.1, 0.15) is 25.7 Å². The number of rotatable bonds is 1. The average molecular weight is 150 g/mol. The predicted octanol–water partition coefficient (Wildman–Crippen LogP) is 1.73. The van der Waals surface area contributed by atoms with Crippen LogP contribution in [-0.2, 0) is 0 Å². The van der Waals surface area contributed by atoms with Crippen molar-refractivity contribution < 1.29 is 5.11 Å². The van der Waals surface area contributed by atoms with Crippen LogP contribution in [0.2, 0.25) is 0 Å². The van der Waals surface area contributed by atoms with E-state index in [4.69, 9.17) is 5.11 Å². The molecule has 1 atom stereocenters. The minimum Gasteiger partial charge on any atom is -0.395 e. The van der Waals surface area contributed by atoms with Gasteiger partial charge in [-0.25, -0.2) is 0 Å². The topological polar surface area (TPSA) is 20.2 Å². The molecule has 1 N–H and O–H groups in total. The van der Waals surface area contributed by atoms with Gasteiger partial charge in [0.15, 0.2) is 0 Å². The molecule has 1 aliphatic carbocycles. The Morgan fingerprint density at radius 2 is 2.45 bits per heavy atom. The van der Waals surface area contributed by atoms with Gasteiger partial charge in [0.2, 0.25) is 0 Å². The van der Waals surface area contributed by atoms with Crippen LogP contribution >= 0.6 is 0 Å². The van der Waals surface area contributed by atoms with E-state index in [-0.39, 0.29) is 6.61 Å². The van der Waals surface area contributed by atoms with Crippen molar-refractivity contribution in [1.29, 1.82) is 0 Å². The van der Waals surface area contributed by atoms with Gasteiger partial charge in [-0.3, -0.25) is 0 Å². The van der Waals surface area contributed by atoms with E-state index in [0.29, 0.717) is 12.3 Å². The van der Waals surface area contributed by atoms with Crippen molar-refractivity contribution in [1.82, 2.24) is 0 Å².